The van der Waals surface area contributed by atoms with Crippen molar-refractivity contribution in [2.75, 3.05) is 77.5 Å². The molecule has 0 aromatic heterocycles. The average molecular weight is 533 g/mol. The third kappa shape index (κ3) is 7.53. The monoisotopic (exact) mass is 533 g/mol. The highest BCUT2D eigenvalue weighted by Crippen LogP contribution is 2.19. The Hall–Kier alpha value is -1.13. The lowest BCUT2D eigenvalue weighted by Crippen LogP contribution is -2.52. The van der Waals surface area contributed by atoms with E-state index < -0.39 is 0 Å². The number of piperidine rings is 1. The Balaban J connectivity index is 0.00000320. The van der Waals surface area contributed by atoms with Crippen molar-refractivity contribution >= 4 is 35.6 Å². The fraction of sp³-hybridized carbons (Fsp3) is 0.682. The number of benzene rings is 1. The number of hydrogen-bond donors (Lipinski definition) is 1. The van der Waals surface area contributed by atoms with Gasteiger partial charge in [-0.1, -0.05) is 0 Å². The van der Waals surface area contributed by atoms with E-state index in [4.69, 9.17) is 9.73 Å². The summed E-state index contributed by atoms with van der Waals surface area (Å²) >= 11 is 0. The zero-order valence-corrected chi connectivity index (χ0v) is 20.7. The molecular formula is C22H37FIN5O. The lowest BCUT2D eigenvalue weighted by atomic mass is 9.97. The molecule has 2 saturated heterocycles. The molecule has 2 fully saturated rings. The molecule has 0 saturated carbocycles. The largest absolute Gasteiger partial charge is 0.383 e. The van der Waals surface area contributed by atoms with Gasteiger partial charge in [-0.15, -0.1) is 24.0 Å². The number of nitrogens with zero attached hydrogens (tertiary/aromatic N) is 4. The van der Waals surface area contributed by atoms with E-state index in [-0.39, 0.29) is 29.8 Å². The summed E-state index contributed by atoms with van der Waals surface area (Å²) in [5.41, 5.74) is 1.09. The van der Waals surface area contributed by atoms with Crippen molar-refractivity contribution in [3.8, 4) is 0 Å². The fourth-order valence-corrected chi connectivity index (χ4v) is 4.08. The van der Waals surface area contributed by atoms with Gasteiger partial charge < -0.3 is 24.8 Å². The molecule has 0 unspecified atom stereocenters. The van der Waals surface area contributed by atoms with Gasteiger partial charge in [0.15, 0.2) is 5.96 Å². The van der Waals surface area contributed by atoms with Crippen molar-refractivity contribution in [3.63, 3.8) is 0 Å². The van der Waals surface area contributed by atoms with Crippen LogP contribution in [0, 0.1) is 11.7 Å². The van der Waals surface area contributed by atoms with E-state index in [1.165, 1.54) is 25.0 Å². The minimum Gasteiger partial charge on any atom is -0.383 e. The van der Waals surface area contributed by atoms with Gasteiger partial charge in [-0.05, 0) is 63.0 Å². The van der Waals surface area contributed by atoms with Crippen LogP contribution in [0.25, 0.3) is 0 Å². The minimum absolute atomic E-state index is 0. The summed E-state index contributed by atoms with van der Waals surface area (Å²) in [4.78, 5) is 12.1. The van der Waals surface area contributed by atoms with Crippen molar-refractivity contribution in [1.29, 1.82) is 0 Å². The topological polar surface area (TPSA) is 43.3 Å². The standard InChI is InChI=1S/C22H36FN5O.HI/c1-3-24-22(25-18-19-8-10-26(11-9-19)16-17-29-2)28-14-12-27(13-15-28)21-6-4-20(23)5-7-21;/h4-7,19H,3,8-18H2,1-2H3,(H,24,25);1H. The summed E-state index contributed by atoms with van der Waals surface area (Å²) in [5.74, 6) is 1.52. The summed E-state index contributed by atoms with van der Waals surface area (Å²) in [5, 5.41) is 3.47. The number of guanidine groups is 1. The van der Waals surface area contributed by atoms with E-state index in [1.807, 2.05) is 12.1 Å². The minimum atomic E-state index is -0.182. The Kier molecular flexibility index (Phi) is 11.2. The summed E-state index contributed by atoms with van der Waals surface area (Å²) in [6.45, 7) is 11.8. The molecule has 0 amide bonds. The number of halogens is 2. The quantitative estimate of drug-likeness (QED) is 0.332. The third-order valence-corrected chi connectivity index (χ3v) is 5.92. The normalized spacial score (nSPS) is 19.0. The van der Waals surface area contributed by atoms with E-state index in [0.29, 0.717) is 5.92 Å². The van der Waals surface area contributed by atoms with E-state index in [9.17, 15) is 4.39 Å². The average Bonchev–Trinajstić information content (AvgIpc) is 2.77. The fourth-order valence-electron chi connectivity index (χ4n) is 4.08. The maximum absolute atomic E-state index is 13.2. The second-order valence-electron chi connectivity index (χ2n) is 7.92. The Morgan fingerprint density at radius 3 is 2.37 bits per heavy atom. The molecule has 2 aliphatic heterocycles. The van der Waals surface area contributed by atoms with Gasteiger partial charge in [0.25, 0.3) is 0 Å². The molecule has 30 heavy (non-hydrogen) atoms. The third-order valence-electron chi connectivity index (χ3n) is 5.92. The van der Waals surface area contributed by atoms with Gasteiger partial charge in [-0.2, -0.15) is 0 Å². The predicted molar refractivity (Wildman–Crippen MR) is 133 cm³/mol. The van der Waals surface area contributed by atoms with E-state index in [2.05, 4.69) is 26.9 Å². The molecule has 0 radical (unpaired) electrons. The van der Waals surface area contributed by atoms with Crippen LogP contribution >= 0.6 is 24.0 Å². The lowest BCUT2D eigenvalue weighted by molar-refractivity contribution is 0.121. The number of piperazine rings is 1. The number of methoxy groups -OCH3 is 1. The van der Waals surface area contributed by atoms with E-state index in [1.54, 1.807) is 7.11 Å². The molecule has 1 aromatic carbocycles. The Morgan fingerprint density at radius 2 is 1.77 bits per heavy atom. The molecule has 1 N–H and O–H groups in total. The van der Waals surface area contributed by atoms with Gasteiger partial charge in [-0.3, -0.25) is 4.99 Å². The van der Waals surface area contributed by atoms with Crippen LogP contribution in [0.2, 0.25) is 0 Å². The number of anilines is 1. The zero-order chi connectivity index (χ0) is 20.5. The van der Waals surface area contributed by atoms with Crippen LogP contribution in [-0.4, -0.2) is 88.4 Å². The molecule has 170 valence electrons. The predicted octanol–water partition coefficient (Wildman–Crippen LogP) is 2.89. The van der Waals surface area contributed by atoms with Crippen LogP contribution in [0.1, 0.15) is 19.8 Å². The van der Waals surface area contributed by atoms with Crippen molar-refractivity contribution < 1.29 is 9.13 Å². The summed E-state index contributed by atoms with van der Waals surface area (Å²) < 4.78 is 18.4. The Morgan fingerprint density at radius 1 is 1.10 bits per heavy atom. The maximum atomic E-state index is 13.2. The molecule has 8 heteroatoms. The summed E-state index contributed by atoms with van der Waals surface area (Å²) in [7, 11) is 1.77. The van der Waals surface area contributed by atoms with Crippen molar-refractivity contribution in [2.24, 2.45) is 10.9 Å². The summed E-state index contributed by atoms with van der Waals surface area (Å²) in [6, 6.07) is 6.80. The molecule has 1 aromatic rings. The molecule has 0 aliphatic carbocycles. The molecule has 2 aliphatic rings. The molecule has 0 atom stereocenters. The number of aliphatic imine (C=N–C) groups is 1. The SMILES string of the molecule is CCNC(=NCC1CCN(CCOC)CC1)N1CCN(c2ccc(F)cc2)CC1.I. The molecule has 6 nitrogen and oxygen atoms in total. The van der Waals surface area contributed by atoms with Crippen molar-refractivity contribution in [2.45, 2.75) is 19.8 Å². The first-order chi connectivity index (χ1) is 14.2. The first kappa shape index (κ1) is 25.1. The van der Waals surface area contributed by atoms with Gasteiger partial charge >= 0.3 is 0 Å². The van der Waals surface area contributed by atoms with Crippen LogP contribution < -0.4 is 10.2 Å². The molecule has 3 rings (SSSR count). The first-order valence-corrected chi connectivity index (χ1v) is 10.9. The number of nitrogens with one attached hydrogen (secondary N) is 1. The van der Waals surface area contributed by atoms with Crippen LogP contribution in [0.3, 0.4) is 0 Å². The molecule has 0 spiro atoms. The maximum Gasteiger partial charge on any atom is 0.194 e. The first-order valence-electron chi connectivity index (χ1n) is 10.9. The lowest BCUT2D eigenvalue weighted by Gasteiger charge is -2.38. The van der Waals surface area contributed by atoms with E-state index >= 15 is 0 Å². The van der Waals surface area contributed by atoms with Gasteiger partial charge in [0, 0.05) is 58.6 Å². The summed E-state index contributed by atoms with van der Waals surface area (Å²) in [6.07, 6.45) is 2.43. The Bertz CT molecular complexity index is 629. The van der Waals surface area contributed by atoms with Crippen molar-refractivity contribution in [1.82, 2.24) is 15.1 Å². The van der Waals surface area contributed by atoms with Gasteiger partial charge in [0.2, 0.25) is 0 Å². The molecule has 2 heterocycles. The Labute approximate surface area is 197 Å². The number of hydrogen-bond acceptors (Lipinski definition) is 4. The zero-order valence-electron chi connectivity index (χ0n) is 18.4. The van der Waals surface area contributed by atoms with Gasteiger partial charge in [-0.25, -0.2) is 4.39 Å². The number of ether oxygens (including phenoxy) is 1. The van der Waals surface area contributed by atoms with Gasteiger partial charge in [0.05, 0.1) is 6.61 Å². The van der Waals surface area contributed by atoms with Crippen LogP contribution in [0.5, 0.6) is 0 Å². The van der Waals surface area contributed by atoms with Crippen LogP contribution in [0.4, 0.5) is 10.1 Å². The number of likely N-dealkylation sites (tertiary alicyclic amines) is 1. The highest BCUT2D eigenvalue weighted by molar-refractivity contribution is 14.0. The smallest absolute Gasteiger partial charge is 0.194 e. The van der Waals surface area contributed by atoms with Gasteiger partial charge in [0.1, 0.15) is 5.82 Å². The number of rotatable bonds is 7. The van der Waals surface area contributed by atoms with Crippen LogP contribution in [0.15, 0.2) is 29.3 Å². The molecular weight excluding hydrogens is 496 g/mol. The van der Waals surface area contributed by atoms with Crippen molar-refractivity contribution in [3.05, 3.63) is 30.1 Å². The second-order valence-corrected chi connectivity index (χ2v) is 7.92. The van der Waals surface area contributed by atoms with Crippen LogP contribution in [-0.2, 0) is 4.74 Å². The second kappa shape index (κ2) is 13.3. The van der Waals surface area contributed by atoms with E-state index in [0.717, 1.165) is 77.2 Å². The molecule has 0 bridgehead atoms. The highest BCUT2D eigenvalue weighted by Gasteiger charge is 2.22. The highest BCUT2D eigenvalue weighted by atomic mass is 127.